The van der Waals surface area contributed by atoms with E-state index < -0.39 is 0 Å². The lowest BCUT2D eigenvalue weighted by atomic mass is 10.1. The standard InChI is InChI=1S/C21H23Cl2N3OS/c1-13-6-7-14(2)19-18(13)24-21(28-19)26(9-5-8-25(3)4)20(27)15-10-16(22)12-17(23)11-15/h6-7,10-12H,5,8-9H2,1-4H3. The minimum Gasteiger partial charge on any atom is -0.309 e. The number of thiazole rings is 1. The van der Waals surface area contributed by atoms with Gasteiger partial charge in [-0.25, -0.2) is 4.98 Å². The van der Waals surface area contributed by atoms with Crippen LogP contribution < -0.4 is 4.90 Å². The van der Waals surface area contributed by atoms with Gasteiger partial charge in [-0.1, -0.05) is 46.7 Å². The number of nitrogens with zero attached hydrogens (tertiary/aromatic N) is 3. The van der Waals surface area contributed by atoms with Crippen molar-refractivity contribution >= 4 is 55.8 Å². The monoisotopic (exact) mass is 435 g/mol. The summed E-state index contributed by atoms with van der Waals surface area (Å²) in [6.45, 7) is 5.56. The third-order valence-electron chi connectivity index (χ3n) is 4.50. The highest BCUT2D eigenvalue weighted by atomic mass is 35.5. The van der Waals surface area contributed by atoms with E-state index in [1.165, 1.54) is 0 Å². The molecule has 0 aliphatic rings. The fourth-order valence-electron chi connectivity index (χ4n) is 3.03. The quantitative estimate of drug-likeness (QED) is 0.489. The molecule has 148 valence electrons. The van der Waals surface area contributed by atoms with Crippen molar-refractivity contribution in [1.82, 2.24) is 9.88 Å². The second-order valence-corrected chi connectivity index (χ2v) is 9.00. The van der Waals surface area contributed by atoms with Crippen molar-refractivity contribution in [2.45, 2.75) is 20.3 Å². The summed E-state index contributed by atoms with van der Waals surface area (Å²) in [4.78, 5) is 22.0. The maximum Gasteiger partial charge on any atom is 0.260 e. The first kappa shape index (κ1) is 21.1. The molecule has 1 heterocycles. The molecule has 1 aromatic heterocycles. The van der Waals surface area contributed by atoms with Crippen molar-refractivity contribution in [3.05, 3.63) is 57.1 Å². The van der Waals surface area contributed by atoms with E-state index in [4.69, 9.17) is 28.2 Å². The largest absolute Gasteiger partial charge is 0.309 e. The molecule has 28 heavy (non-hydrogen) atoms. The summed E-state index contributed by atoms with van der Waals surface area (Å²) in [6.07, 6.45) is 0.834. The van der Waals surface area contributed by atoms with Crippen LogP contribution in [0.15, 0.2) is 30.3 Å². The van der Waals surface area contributed by atoms with Gasteiger partial charge in [0.25, 0.3) is 5.91 Å². The number of aromatic nitrogens is 1. The fraction of sp³-hybridized carbons (Fsp3) is 0.333. The van der Waals surface area contributed by atoms with Gasteiger partial charge in [-0.05, 0) is 70.2 Å². The van der Waals surface area contributed by atoms with E-state index in [-0.39, 0.29) is 5.91 Å². The van der Waals surface area contributed by atoms with Gasteiger partial charge in [-0.3, -0.25) is 9.69 Å². The number of hydrogen-bond donors (Lipinski definition) is 0. The Morgan fingerprint density at radius 2 is 1.68 bits per heavy atom. The maximum absolute atomic E-state index is 13.3. The molecule has 0 aliphatic carbocycles. The van der Waals surface area contributed by atoms with E-state index in [1.807, 2.05) is 21.0 Å². The average Bonchev–Trinajstić information content (AvgIpc) is 3.07. The molecule has 0 atom stereocenters. The van der Waals surface area contributed by atoms with Crippen LogP contribution in [0.1, 0.15) is 27.9 Å². The van der Waals surface area contributed by atoms with Gasteiger partial charge in [-0.2, -0.15) is 0 Å². The number of amides is 1. The zero-order chi connectivity index (χ0) is 20.4. The summed E-state index contributed by atoms with van der Waals surface area (Å²) in [5.41, 5.74) is 3.69. The Kier molecular flexibility index (Phi) is 6.61. The number of carbonyl (C=O) groups is 1. The Morgan fingerprint density at radius 3 is 2.29 bits per heavy atom. The Labute approximate surface area is 179 Å². The topological polar surface area (TPSA) is 36.4 Å². The van der Waals surface area contributed by atoms with E-state index in [0.717, 1.165) is 34.3 Å². The molecule has 3 aromatic rings. The minimum atomic E-state index is -0.141. The number of hydrogen-bond acceptors (Lipinski definition) is 4. The van der Waals surface area contributed by atoms with Gasteiger partial charge in [-0.15, -0.1) is 0 Å². The Hall–Kier alpha value is -1.66. The predicted octanol–water partition coefficient (Wildman–Crippen LogP) is 5.82. The molecule has 0 N–H and O–H groups in total. The minimum absolute atomic E-state index is 0.141. The normalized spacial score (nSPS) is 11.4. The van der Waals surface area contributed by atoms with Gasteiger partial charge in [0, 0.05) is 22.2 Å². The summed E-state index contributed by atoms with van der Waals surface area (Å²) in [5, 5.41) is 1.59. The van der Waals surface area contributed by atoms with Gasteiger partial charge < -0.3 is 4.90 Å². The molecule has 4 nitrogen and oxygen atoms in total. The maximum atomic E-state index is 13.3. The smallest absolute Gasteiger partial charge is 0.260 e. The van der Waals surface area contributed by atoms with Crippen LogP contribution in [-0.4, -0.2) is 43.0 Å². The molecular formula is C21H23Cl2N3OS. The summed E-state index contributed by atoms with van der Waals surface area (Å²) in [5.74, 6) is -0.141. The molecule has 0 bridgehead atoms. The second-order valence-electron chi connectivity index (χ2n) is 7.15. The van der Waals surface area contributed by atoms with E-state index >= 15 is 0 Å². The number of rotatable bonds is 6. The molecule has 0 unspecified atom stereocenters. The summed E-state index contributed by atoms with van der Waals surface area (Å²) < 4.78 is 1.12. The number of halogens is 2. The molecule has 7 heteroatoms. The van der Waals surface area contributed by atoms with Crippen molar-refractivity contribution in [2.24, 2.45) is 0 Å². The number of aryl methyl sites for hydroxylation is 2. The zero-order valence-corrected chi connectivity index (χ0v) is 18.8. The average molecular weight is 436 g/mol. The van der Waals surface area contributed by atoms with E-state index in [1.54, 1.807) is 34.4 Å². The van der Waals surface area contributed by atoms with E-state index in [2.05, 4.69) is 24.0 Å². The molecule has 0 fully saturated rings. The summed E-state index contributed by atoms with van der Waals surface area (Å²) in [6, 6.07) is 9.09. The highest BCUT2D eigenvalue weighted by Crippen LogP contribution is 2.34. The third-order valence-corrected chi connectivity index (χ3v) is 6.15. The van der Waals surface area contributed by atoms with Crippen LogP contribution in [-0.2, 0) is 0 Å². The fourth-order valence-corrected chi connectivity index (χ4v) is 4.69. The third kappa shape index (κ3) is 4.66. The lowest BCUT2D eigenvalue weighted by molar-refractivity contribution is 0.0986. The van der Waals surface area contributed by atoms with Gasteiger partial charge in [0.15, 0.2) is 5.13 Å². The first-order chi connectivity index (χ1) is 13.3. The van der Waals surface area contributed by atoms with E-state index in [9.17, 15) is 4.79 Å². The molecule has 0 spiro atoms. The number of fused-ring (bicyclic) bond motifs is 1. The second kappa shape index (κ2) is 8.78. The summed E-state index contributed by atoms with van der Waals surface area (Å²) in [7, 11) is 4.04. The lowest BCUT2D eigenvalue weighted by Gasteiger charge is -2.21. The van der Waals surface area contributed by atoms with E-state index in [0.29, 0.717) is 27.3 Å². The number of carbonyl (C=O) groups excluding carboxylic acids is 1. The molecule has 0 aliphatic heterocycles. The van der Waals surface area contributed by atoms with Crippen LogP contribution in [0.3, 0.4) is 0 Å². The van der Waals surface area contributed by atoms with Crippen LogP contribution in [0.25, 0.3) is 10.2 Å². The Balaban J connectivity index is 2.02. The SMILES string of the molecule is Cc1ccc(C)c2sc(N(CCCN(C)C)C(=O)c3cc(Cl)cc(Cl)c3)nc12. The van der Waals surface area contributed by atoms with Crippen LogP contribution in [0, 0.1) is 13.8 Å². The van der Waals surface area contributed by atoms with Crippen molar-refractivity contribution in [2.75, 3.05) is 32.1 Å². The Morgan fingerprint density at radius 1 is 1.04 bits per heavy atom. The first-order valence-electron chi connectivity index (χ1n) is 9.05. The first-order valence-corrected chi connectivity index (χ1v) is 10.6. The molecule has 0 saturated heterocycles. The highest BCUT2D eigenvalue weighted by Gasteiger charge is 2.22. The Bertz CT molecular complexity index is 957. The van der Waals surface area contributed by atoms with Crippen molar-refractivity contribution < 1.29 is 4.79 Å². The van der Waals surface area contributed by atoms with Crippen LogP contribution in [0.4, 0.5) is 5.13 Å². The lowest BCUT2D eigenvalue weighted by Crippen LogP contribution is -2.33. The number of benzene rings is 2. The van der Waals surface area contributed by atoms with Gasteiger partial charge in [0.05, 0.1) is 10.2 Å². The van der Waals surface area contributed by atoms with Gasteiger partial charge in [0.1, 0.15) is 0 Å². The summed E-state index contributed by atoms with van der Waals surface area (Å²) >= 11 is 13.8. The highest BCUT2D eigenvalue weighted by molar-refractivity contribution is 7.22. The molecule has 0 saturated carbocycles. The zero-order valence-electron chi connectivity index (χ0n) is 16.4. The molecule has 2 aromatic carbocycles. The van der Waals surface area contributed by atoms with Crippen LogP contribution >= 0.6 is 34.5 Å². The van der Waals surface area contributed by atoms with Crippen LogP contribution in [0.5, 0.6) is 0 Å². The van der Waals surface area contributed by atoms with Crippen molar-refractivity contribution in [1.29, 1.82) is 0 Å². The predicted molar refractivity (Wildman–Crippen MR) is 120 cm³/mol. The van der Waals surface area contributed by atoms with Crippen LogP contribution in [0.2, 0.25) is 10.0 Å². The van der Waals surface area contributed by atoms with Gasteiger partial charge in [0.2, 0.25) is 0 Å². The molecule has 0 radical (unpaired) electrons. The molecule has 3 rings (SSSR count). The van der Waals surface area contributed by atoms with Crippen molar-refractivity contribution in [3.8, 4) is 0 Å². The van der Waals surface area contributed by atoms with Gasteiger partial charge >= 0.3 is 0 Å². The molecular weight excluding hydrogens is 413 g/mol. The number of anilines is 1. The van der Waals surface area contributed by atoms with Crippen molar-refractivity contribution in [3.63, 3.8) is 0 Å². The molecule has 1 amide bonds.